The fourth-order valence-electron chi connectivity index (χ4n) is 1.09. The van der Waals surface area contributed by atoms with Crippen LogP contribution >= 0.6 is 15.9 Å². The van der Waals surface area contributed by atoms with Gasteiger partial charge in [-0.2, -0.15) is 0 Å². The van der Waals surface area contributed by atoms with E-state index < -0.39 is 5.60 Å². The molecule has 1 unspecified atom stereocenters. The second kappa shape index (κ2) is 4.03. The van der Waals surface area contributed by atoms with Crippen LogP contribution in [0.25, 0.3) is 0 Å². The van der Waals surface area contributed by atoms with Gasteiger partial charge in [-0.1, -0.05) is 28.1 Å². The molecule has 0 aromatic heterocycles. The molecule has 0 spiro atoms. The lowest BCUT2D eigenvalue weighted by Crippen LogP contribution is -2.21. The number of halogens is 1. The van der Waals surface area contributed by atoms with Crippen LogP contribution in [0.4, 0.5) is 0 Å². The molecule has 1 rings (SSSR count). The van der Waals surface area contributed by atoms with Crippen molar-refractivity contribution in [1.29, 1.82) is 0 Å². The molecule has 0 fully saturated rings. The van der Waals surface area contributed by atoms with E-state index >= 15 is 0 Å². The third-order valence-electron chi connectivity index (χ3n) is 1.95. The summed E-state index contributed by atoms with van der Waals surface area (Å²) in [5.41, 5.74) is -0.301. The van der Waals surface area contributed by atoms with Crippen molar-refractivity contribution in [2.45, 2.75) is 18.9 Å². The summed E-state index contributed by atoms with van der Waals surface area (Å²) in [6.07, 6.45) is 0.844. The minimum absolute atomic E-state index is 0.120. The van der Waals surface area contributed by atoms with E-state index in [1.54, 1.807) is 19.1 Å². The maximum Gasteiger partial charge on any atom is 0.123 e. The molecule has 0 bridgehead atoms. The molecule has 13 heavy (non-hydrogen) atoms. The van der Waals surface area contributed by atoms with Crippen molar-refractivity contribution in [3.8, 4) is 0 Å². The highest BCUT2D eigenvalue weighted by Crippen LogP contribution is 2.24. The Morgan fingerprint density at radius 1 is 1.46 bits per heavy atom. The summed E-state index contributed by atoms with van der Waals surface area (Å²) in [5, 5.41) is 9.83. The summed E-state index contributed by atoms with van der Waals surface area (Å²) in [5.74, 6) is 0. The van der Waals surface area contributed by atoms with Crippen molar-refractivity contribution in [3.63, 3.8) is 0 Å². The van der Waals surface area contributed by atoms with E-state index in [-0.39, 0.29) is 6.42 Å². The van der Waals surface area contributed by atoms with Gasteiger partial charge < -0.3 is 9.90 Å². The van der Waals surface area contributed by atoms with Crippen molar-refractivity contribution in [2.75, 3.05) is 0 Å². The van der Waals surface area contributed by atoms with Crippen LogP contribution < -0.4 is 0 Å². The molecule has 1 aromatic rings. The Bertz CT molecular complexity index is 290. The number of carbonyl (C=O) groups excluding carboxylic acids is 1. The third kappa shape index (κ3) is 2.64. The average Bonchev–Trinajstić information content (AvgIpc) is 2.05. The number of hydrogen-bond donors (Lipinski definition) is 1. The number of aldehydes is 1. The van der Waals surface area contributed by atoms with Gasteiger partial charge in [0.1, 0.15) is 6.29 Å². The molecular formula is C10H11BrO2. The van der Waals surface area contributed by atoms with E-state index in [0.29, 0.717) is 0 Å². The zero-order valence-corrected chi connectivity index (χ0v) is 8.91. The number of rotatable bonds is 3. The Balaban J connectivity index is 2.93. The SMILES string of the molecule is CC(O)(CC=O)c1ccc(Br)cc1. The van der Waals surface area contributed by atoms with Crippen molar-refractivity contribution in [3.05, 3.63) is 34.3 Å². The lowest BCUT2D eigenvalue weighted by molar-refractivity contribution is -0.112. The van der Waals surface area contributed by atoms with Gasteiger partial charge in [-0.05, 0) is 24.6 Å². The molecule has 0 aliphatic carbocycles. The molecule has 2 nitrogen and oxygen atoms in total. The fraction of sp³-hybridized carbons (Fsp3) is 0.300. The molecule has 1 atom stereocenters. The molecule has 0 aliphatic rings. The molecule has 0 amide bonds. The molecule has 1 N–H and O–H groups in total. The highest BCUT2D eigenvalue weighted by Gasteiger charge is 2.21. The van der Waals surface area contributed by atoms with Crippen molar-refractivity contribution in [1.82, 2.24) is 0 Å². The molecule has 0 radical (unpaired) electrons. The summed E-state index contributed by atoms with van der Waals surface area (Å²) < 4.78 is 0.957. The van der Waals surface area contributed by atoms with Crippen LogP contribution in [0.15, 0.2) is 28.7 Å². The predicted molar refractivity (Wildman–Crippen MR) is 54.4 cm³/mol. The topological polar surface area (TPSA) is 37.3 Å². The van der Waals surface area contributed by atoms with Crippen molar-refractivity contribution < 1.29 is 9.90 Å². The summed E-state index contributed by atoms with van der Waals surface area (Å²) in [4.78, 5) is 10.3. The van der Waals surface area contributed by atoms with Gasteiger partial charge >= 0.3 is 0 Å². The van der Waals surface area contributed by atoms with E-state index in [4.69, 9.17) is 0 Å². The van der Waals surface area contributed by atoms with E-state index in [0.717, 1.165) is 16.3 Å². The van der Waals surface area contributed by atoms with E-state index in [1.807, 2.05) is 12.1 Å². The predicted octanol–water partition coefficient (Wildman–Crippen LogP) is 2.25. The van der Waals surface area contributed by atoms with E-state index in [1.165, 1.54) is 0 Å². The molecular weight excluding hydrogens is 232 g/mol. The van der Waals surface area contributed by atoms with Crippen LogP contribution in [-0.4, -0.2) is 11.4 Å². The van der Waals surface area contributed by atoms with Gasteiger partial charge in [0.05, 0.1) is 5.60 Å². The largest absolute Gasteiger partial charge is 0.385 e. The second-order valence-corrected chi connectivity index (χ2v) is 4.07. The molecule has 3 heteroatoms. The maximum atomic E-state index is 10.3. The van der Waals surface area contributed by atoms with Gasteiger partial charge in [-0.3, -0.25) is 0 Å². The number of aliphatic hydroxyl groups is 1. The Morgan fingerprint density at radius 2 is 2.00 bits per heavy atom. The van der Waals surface area contributed by atoms with Gasteiger partial charge in [-0.15, -0.1) is 0 Å². The van der Waals surface area contributed by atoms with E-state index in [9.17, 15) is 9.90 Å². The maximum absolute atomic E-state index is 10.3. The Labute approximate surface area is 85.7 Å². The Morgan fingerprint density at radius 3 is 2.46 bits per heavy atom. The number of benzene rings is 1. The van der Waals surface area contributed by atoms with Crippen LogP contribution in [0.5, 0.6) is 0 Å². The quantitative estimate of drug-likeness (QED) is 0.826. The van der Waals surface area contributed by atoms with Crippen molar-refractivity contribution >= 4 is 22.2 Å². The Kier molecular flexibility index (Phi) is 3.22. The lowest BCUT2D eigenvalue weighted by atomic mass is 9.93. The molecule has 0 heterocycles. The standard InChI is InChI=1S/C10H11BrO2/c1-10(13,6-7-12)8-2-4-9(11)5-3-8/h2-5,7,13H,6H2,1H3. The molecule has 1 aromatic carbocycles. The Hall–Kier alpha value is -0.670. The molecule has 0 saturated heterocycles. The highest BCUT2D eigenvalue weighted by molar-refractivity contribution is 9.10. The number of carbonyl (C=O) groups is 1. The van der Waals surface area contributed by atoms with E-state index in [2.05, 4.69) is 15.9 Å². The first-order chi connectivity index (χ1) is 6.06. The summed E-state index contributed by atoms with van der Waals surface area (Å²) in [6.45, 7) is 1.63. The van der Waals surface area contributed by atoms with Gasteiger partial charge in [-0.25, -0.2) is 0 Å². The van der Waals surface area contributed by atoms with Crippen LogP contribution in [0, 0.1) is 0 Å². The van der Waals surface area contributed by atoms with Crippen LogP contribution in [-0.2, 0) is 10.4 Å². The zero-order valence-electron chi connectivity index (χ0n) is 7.33. The zero-order chi connectivity index (χ0) is 9.90. The summed E-state index contributed by atoms with van der Waals surface area (Å²) >= 11 is 3.30. The number of hydrogen-bond acceptors (Lipinski definition) is 2. The van der Waals surface area contributed by atoms with Crippen LogP contribution in [0.1, 0.15) is 18.9 Å². The van der Waals surface area contributed by atoms with Crippen LogP contribution in [0.2, 0.25) is 0 Å². The minimum atomic E-state index is -1.05. The summed E-state index contributed by atoms with van der Waals surface area (Å²) in [6, 6.07) is 7.28. The first-order valence-electron chi connectivity index (χ1n) is 3.98. The monoisotopic (exact) mass is 242 g/mol. The second-order valence-electron chi connectivity index (χ2n) is 3.15. The van der Waals surface area contributed by atoms with Gasteiger partial charge in [0.2, 0.25) is 0 Å². The van der Waals surface area contributed by atoms with Gasteiger partial charge in [0.15, 0.2) is 0 Å². The van der Waals surface area contributed by atoms with Gasteiger partial charge in [0.25, 0.3) is 0 Å². The molecule has 70 valence electrons. The molecule has 0 saturated carbocycles. The minimum Gasteiger partial charge on any atom is -0.385 e. The fourth-order valence-corrected chi connectivity index (χ4v) is 1.35. The van der Waals surface area contributed by atoms with Crippen LogP contribution in [0.3, 0.4) is 0 Å². The first kappa shape index (κ1) is 10.4. The third-order valence-corrected chi connectivity index (χ3v) is 2.48. The first-order valence-corrected chi connectivity index (χ1v) is 4.77. The smallest absolute Gasteiger partial charge is 0.123 e. The van der Waals surface area contributed by atoms with Crippen molar-refractivity contribution in [2.24, 2.45) is 0 Å². The lowest BCUT2D eigenvalue weighted by Gasteiger charge is -2.20. The average molecular weight is 243 g/mol. The summed E-state index contributed by atoms with van der Waals surface area (Å²) in [7, 11) is 0. The van der Waals surface area contributed by atoms with Gasteiger partial charge in [0, 0.05) is 10.9 Å². The normalized spacial score (nSPS) is 15.0. The highest BCUT2D eigenvalue weighted by atomic mass is 79.9. The molecule has 0 aliphatic heterocycles.